The van der Waals surface area contributed by atoms with E-state index in [-0.39, 0.29) is 0 Å². The van der Waals surface area contributed by atoms with E-state index in [0.717, 1.165) is 18.4 Å². The first kappa shape index (κ1) is 14.1. The highest BCUT2D eigenvalue weighted by atomic mass is 16.5. The van der Waals surface area contributed by atoms with Crippen molar-refractivity contribution in [2.24, 2.45) is 0 Å². The lowest BCUT2D eigenvalue weighted by molar-refractivity contribution is 0.400. The molecular weight excluding hydrogens is 252 g/mol. The van der Waals surface area contributed by atoms with E-state index in [0.29, 0.717) is 11.5 Å². The second-order valence-electron chi connectivity index (χ2n) is 4.54. The van der Waals surface area contributed by atoms with Gasteiger partial charge in [0.1, 0.15) is 11.5 Å². The maximum Gasteiger partial charge on any atom is 0.339 e. The Hall–Kier alpha value is -2.29. The van der Waals surface area contributed by atoms with Crippen LogP contribution < -0.4 is 10.4 Å². The van der Waals surface area contributed by atoms with Crippen LogP contribution in [-0.4, -0.2) is 7.11 Å². The van der Waals surface area contributed by atoms with Crippen LogP contribution in [0.1, 0.15) is 30.2 Å². The van der Waals surface area contributed by atoms with Gasteiger partial charge < -0.3 is 9.15 Å². The highest BCUT2D eigenvalue weighted by Crippen LogP contribution is 2.13. The Morgan fingerprint density at radius 1 is 1.15 bits per heavy atom. The molecule has 20 heavy (non-hydrogen) atoms. The van der Waals surface area contributed by atoms with E-state index in [4.69, 9.17) is 9.15 Å². The van der Waals surface area contributed by atoms with Gasteiger partial charge in [0.05, 0.1) is 13.2 Å². The smallest absolute Gasteiger partial charge is 0.339 e. The Balaban J connectivity index is 2.16. The van der Waals surface area contributed by atoms with E-state index < -0.39 is 5.63 Å². The summed E-state index contributed by atoms with van der Waals surface area (Å²) < 4.78 is 10.1. The summed E-state index contributed by atoms with van der Waals surface area (Å²) in [6.45, 7) is 2.17. The van der Waals surface area contributed by atoms with Crippen molar-refractivity contribution in [1.29, 1.82) is 0 Å². The third-order valence-electron chi connectivity index (χ3n) is 2.96. The number of methoxy groups -OCH3 is 1. The number of hydrogen-bond acceptors (Lipinski definition) is 3. The highest BCUT2D eigenvalue weighted by Gasteiger charge is 1.98. The van der Waals surface area contributed by atoms with Crippen LogP contribution in [0.5, 0.6) is 5.75 Å². The monoisotopic (exact) mass is 270 g/mol. The zero-order valence-electron chi connectivity index (χ0n) is 11.8. The van der Waals surface area contributed by atoms with Crippen LogP contribution in [0.25, 0.3) is 12.2 Å². The largest absolute Gasteiger partial charge is 0.496 e. The second kappa shape index (κ2) is 6.75. The topological polar surface area (TPSA) is 39.4 Å². The SMILES string of the molecule is CCCc1ccc(/C=C/c2cc(OC)cc(=O)o2)cc1. The average Bonchev–Trinajstić information content (AvgIpc) is 2.46. The van der Waals surface area contributed by atoms with Crippen molar-refractivity contribution in [2.45, 2.75) is 19.8 Å². The lowest BCUT2D eigenvalue weighted by Crippen LogP contribution is -1.98. The van der Waals surface area contributed by atoms with Gasteiger partial charge >= 0.3 is 5.63 Å². The molecule has 0 spiro atoms. The Morgan fingerprint density at radius 3 is 2.55 bits per heavy atom. The molecule has 0 aliphatic rings. The van der Waals surface area contributed by atoms with Crippen LogP contribution in [0.3, 0.4) is 0 Å². The molecule has 0 N–H and O–H groups in total. The fourth-order valence-corrected chi connectivity index (χ4v) is 1.94. The van der Waals surface area contributed by atoms with Gasteiger partial charge in [0.15, 0.2) is 0 Å². The fourth-order valence-electron chi connectivity index (χ4n) is 1.94. The molecule has 0 saturated heterocycles. The average molecular weight is 270 g/mol. The Morgan fingerprint density at radius 2 is 1.90 bits per heavy atom. The molecule has 2 aromatic rings. The molecule has 0 amide bonds. The van der Waals surface area contributed by atoms with Gasteiger partial charge in [-0.25, -0.2) is 4.79 Å². The van der Waals surface area contributed by atoms with E-state index in [1.807, 2.05) is 6.08 Å². The number of rotatable bonds is 5. The van der Waals surface area contributed by atoms with E-state index >= 15 is 0 Å². The first-order chi connectivity index (χ1) is 9.71. The maximum absolute atomic E-state index is 11.3. The van der Waals surface area contributed by atoms with Crippen LogP contribution >= 0.6 is 0 Å². The summed E-state index contributed by atoms with van der Waals surface area (Å²) >= 11 is 0. The molecule has 0 radical (unpaired) electrons. The van der Waals surface area contributed by atoms with Crippen LogP contribution in [0, 0.1) is 0 Å². The molecule has 1 aromatic heterocycles. The van der Waals surface area contributed by atoms with E-state index in [2.05, 4.69) is 31.2 Å². The summed E-state index contributed by atoms with van der Waals surface area (Å²) in [5.74, 6) is 0.978. The van der Waals surface area contributed by atoms with Gasteiger partial charge in [-0.3, -0.25) is 0 Å². The van der Waals surface area contributed by atoms with Crippen molar-refractivity contribution in [3.8, 4) is 5.75 Å². The van der Waals surface area contributed by atoms with Gasteiger partial charge in [0, 0.05) is 6.07 Å². The maximum atomic E-state index is 11.3. The van der Waals surface area contributed by atoms with Crippen molar-refractivity contribution in [2.75, 3.05) is 7.11 Å². The fraction of sp³-hybridized carbons (Fsp3) is 0.235. The molecule has 1 aromatic carbocycles. The molecule has 1 heterocycles. The van der Waals surface area contributed by atoms with Gasteiger partial charge in [-0.1, -0.05) is 43.7 Å². The van der Waals surface area contributed by atoms with Crippen LogP contribution in [-0.2, 0) is 6.42 Å². The molecular formula is C17H18O3. The minimum Gasteiger partial charge on any atom is -0.496 e. The third kappa shape index (κ3) is 3.85. The van der Waals surface area contributed by atoms with Crippen molar-refractivity contribution >= 4 is 12.2 Å². The second-order valence-corrected chi connectivity index (χ2v) is 4.54. The normalized spacial score (nSPS) is 10.9. The zero-order chi connectivity index (χ0) is 14.4. The van der Waals surface area contributed by atoms with Gasteiger partial charge in [0.2, 0.25) is 0 Å². The number of benzene rings is 1. The van der Waals surface area contributed by atoms with Crippen molar-refractivity contribution in [1.82, 2.24) is 0 Å². The van der Waals surface area contributed by atoms with E-state index in [1.165, 1.54) is 18.7 Å². The number of ether oxygens (including phenoxy) is 1. The standard InChI is InChI=1S/C17H18O3/c1-3-4-13-5-7-14(8-6-13)9-10-15-11-16(19-2)12-17(18)20-15/h5-12H,3-4H2,1-2H3/b10-9+. The van der Waals surface area contributed by atoms with Crippen LogP contribution in [0.2, 0.25) is 0 Å². The minimum atomic E-state index is -0.415. The quantitative estimate of drug-likeness (QED) is 0.830. The lowest BCUT2D eigenvalue weighted by atomic mass is 10.1. The summed E-state index contributed by atoms with van der Waals surface area (Å²) in [4.78, 5) is 11.3. The van der Waals surface area contributed by atoms with Gasteiger partial charge in [0.25, 0.3) is 0 Å². The zero-order valence-corrected chi connectivity index (χ0v) is 11.8. The number of hydrogen-bond donors (Lipinski definition) is 0. The van der Waals surface area contributed by atoms with Gasteiger partial charge in [-0.2, -0.15) is 0 Å². The first-order valence-electron chi connectivity index (χ1n) is 6.67. The molecule has 0 unspecified atom stereocenters. The van der Waals surface area contributed by atoms with Crippen molar-refractivity contribution in [3.63, 3.8) is 0 Å². The highest BCUT2D eigenvalue weighted by molar-refractivity contribution is 5.67. The Bertz CT molecular complexity index is 636. The third-order valence-corrected chi connectivity index (χ3v) is 2.96. The summed E-state index contributed by atoms with van der Waals surface area (Å²) in [6.07, 6.45) is 5.91. The van der Waals surface area contributed by atoms with Crippen molar-refractivity contribution in [3.05, 3.63) is 63.7 Å². The molecule has 0 bridgehead atoms. The summed E-state index contributed by atoms with van der Waals surface area (Å²) in [5.41, 5.74) is 1.98. The van der Waals surface area contributed by atoms with Gasteiger partial charge in [-0.05, 0) is 23.6 Å². The Labute approximate surface area is 118 Å². The molecule has 3 heteroatoms. The van der Waals surface area contributed by atoms with Crippen LogP contribution in [0.4, 0.5) is 0 Å². The Kier molecular flexibility index (Phi) is 4.77. The molecule has 0 aliphatic heterocycles. The van der Waals surface area contributed by atoms with E-state index in [9.17, 15) is 4.79 Å². The van der Waals surface area contributed by atoms with E-state index in [1.54, 1.807) is 12.1 Å². The first-order valence-corrected chi connectivity index (χ1v) is 6.67. The summed E-state index contributed by atoms with van der Waals surface area (Å²) in [5, 5.41) is 0. The minimum absolute atomic E-state index is 0.415. The molecule has 3 nitrogen and oxygen atoms in total. The summed E-state index contributed by atoms with van der Waals surface area (Å²) in [6, 6.07) is 11.3. The predicted octanol–water partition coefficient (Wildman–Crippen LogP) is 3.77. The van der Waals surface area contributed by atoms with Crippen molar-refractivity contribution < 1.29 is 9.15 Å². The number of aryl methyl sites for hydroxylation is 1. The molecule has 0 aliphatic carbocycles. The van der Waals surface area contributed by atoms with Gasteiger partial charge in [-0.15, -0.1) is 0 Å². The van der Waals surface area contributed by atoms with Crippen LogP contribution in [0.15, 0.2) is 45.6 Å². The molecule has 0 fully saturated rings. The molecule has 104 valence electrons. The molecule has 2 rings (SSSR count). The predicted molar refractivity (Wildman–Crippen MR) is 80.9 cm³/mol. The molecule has 0 atom stereocenters. The summed E-state index contributed by atoms with van der Waals surface area (Å²) in [7, 11) is 1.52. The lowest BCUT2D eigenvalue weighted by Gasteiger charge is -2.00. The molecule has 0 saturated carbocycles.